The number of aromatic carboxylic acids is 1. The number of carbonyl (C=O) groups excluding carboxylic acids is 1. The van der Waals surface area contributed by atoms with E-state index in [-0.39, 0.29) is 12.1 Å². The number of halogens is 3. The highest BCUT2D eigenvalue weighted by molar-refractivity contribution is 5.94. The summed E-state index contributed by atoms with van der Waals surface area (Å²) in [7, 11) is 1.63. The van der Waals surface area contributed by atoms with Crippen LogP contribution in [0.4, 0.5) is 18.9 Å². The first-order valence-corrected chi connectivity index (χ1v) is 5.64. The number of amides is 1. The van der Waals surface area contributed by atoms with Gasteiger partial charge in [-0.2, -0.15) is 13.2 Å². The largest absolute Gasteiger partial charge is 0.478 e. The number of nitrogens with one attached hydrogen (secondary N) is 2. The lowest BCUT2D eigenvalue weighted by Gasteiger charge is -2.11. The summed E-state index contributed by atoms with van der Waals surface area (Å²) in [4.78, 5) is 22.2. The zero-order chi connectivity index (χ0) is 15.3. The van der Waals surface area contributed by atoms with E-state index in [2.05, 4.69) is 10.6 Å². The lowest BCUT2D eigenvalue weighted by Crippen LogP contribution is -2.19. The number of carbonyl (C=O) groups is 2. The van der Waals surface area contributed by atoms with Crippen molar-refractivity contribution in [3.8, 4) is 0 Å². The van der Waals surface area contributed by atoms with Crippen molar-refractivity contribution in [3.63, 3.8) is 0 Å². The van der Waals surface area contributed by atoms with Crippen molar-refractivity contribution in [2.24, 2.45) is 0 Å². The average molecular weight is 290 g/mol. The van der Waals surface area contributed by atoms with E-state index in [1.54, 1.807) is 7.05 Å². The van der Waals surface area contributed by atoms with Crippen LogP contribution in [-0.2, 0) is 11.0 Å². The Bertz CT molecular complexity index is 515. The van der Waals surface area contributed by atoms with Crippen molar-refractivity contribution in [2.75, 3.05) is 18.9 Å². The normalized spacial score (nSPS) is 11.2. The SMILES string of the molecule is CNCCC(=O)Nc1cc(C(=O)O)cc(C(F)(F)F)c1. The van der Waals surface area contributed by atoms with Crippen LogP contribution in [0.25, 0.3) is 0 Å². The maximum atomic E-state index is 12.6. The molecule has 0 fully saturated rings. The maximum Gasteiger partial charge on any atom is 0.416 e. The standard InChI is InChI=1S/C12H13F3N2O3/c1-16-3-2-10(18)17-9-5-7(11(19)20)4-8(6-9)12(13,14)15/h4-6,16H,2-3H2,1H3,(H,17,18)(H,19,20). The van der Waals surface area contributed by atoms with Crippen LogP contribution >= 0.6 is 0 Å². The van der Waals surface area contributed by atoms with Gasteiger partial charge in [-0.15, -0.1) is 0 Å². The number of hydrogen-bond acceptors (Lipinski definition) is 3. The molecule has 0 radical (unpaired) electrons. The first-order valence-electron chi connectivity index (χ1n) is 5.64. The van der Waals surface area contributed by atoms with Crippen molar-refractivity contribution in [3.05, 3.63) is 29.3 Å². The van der Waals surface area contributed by atoms with Gasteiger partial charge in [0.05, 0.1) is 11.1 Å². The Labute approximate surface area is 112 Å². The topological polar surface area (TPSA) is 78.4 Å². The van der Waals surface area contributed by atoms with Gasteiger partial charge in [-0.1, -0.05) is 0 Å². The van der Waals surface area contributed by atoms with Crippen LogP contribution in [0.5, 0.6) is 0 Å². The zero-order valence-corrected chi connectivity index (χ0v) is 10.5. The summed E-state index contributed by atoms with van der Waals surface area (Å²) in [6.07, 6.45) is -4.62. The van der Waals surface area contributed by atoms with Gasteiger partial charge in [0.25, 0.3) is 0 Å². The lowest BCUT2D eigenvalue weighted by atomic mass is 10.1. The molecule has 8 heteroatoms. The van der Waals surface area contributed by atoms with Gasteiger partial charge in [-0.3, -0.25) is 4.79 Å². The number of anilines is 1. The van der Waals surface area contributed by atoms with E-state index < -0.39 is 29.2 Å². The molecule has 0 bridgehead atoms. The van der Waals surface area contributed by atoms with E-state index in [9.17, 15) is 22.8 Å². The van der Waals surface area contributed by atoms with Crippen molar-refractivity contribution in [1.29, 1.82) is 0 Å². The Morgan fingerprint density at radius 1 is 1.25 bits per heavy atom. The number of carboxylic acids is 1. The smallest absolute Gasteiger partial charge is 0.416 e. The zero-order valence-electron chi connectivity index (χ0n) is 10.5. The first kappa shape index (κ1) is 16.0. The second-order valence-electron chi connectivity index (χ2n) is 4.00. The summed E-state index contributed by atoms with van der Waals surface area (Å²) in [5.74, 6) is -2.00. The van der Waals surface area contributed by atoms with Gasteiger partial charge < -0.3 is 15.7 Å². The molecule has 110 valence electrons. The Morgan fingerprint density at radius 3 is 2.40 bits per heavy atom. The summed E-state index contributed by atoms with van der Waals surface area (Å²) >= 11 is 0. The molecule has 0 unspecified atom stereocenters. The highest BCUT2D eigenvalue weighted by Crippen LogP contribution is 2.32. The summed E-state index contributed by atoms with van der Waals surface area (Å²) in [6, 6.07) is 2.20. The van der Waals surface area contributed by atoms with Crippen LogP contribution in [0.1, 0.15) is 22.3 Å². The fraction of sp³-hybridized carbons (Fsp3) is 0.333. The van der Waals surface area contributed by atoms with Crippen LogP contribution in [0, 0.1) is 0 Å². The average Bonchev–Trinajstić information content (AvgIpc) is 2.34. The molecule has 1 rings (SSSR count). The van der Waals surface area contributed by atoms with Gasteiger partial charge in [0.1, 0.15) is 0 Å². The third-order valence-electron chi connectivity index (χ3n) is 2.39. The second kappa shape index (κ2) is 6.38. The monoisotopic (exact) mass is 290 g/mol. The number of benzene rings is 1. The predicted molar refractivity (Wildman–Crippen MR) is 65.6 cm³/mol. The molecule has 3 N–H and O–H groups in total. The van der Waals surface area contributed by atoms with Crippen LogP contribution in [-0.4, -0.2) is 30.6 Å². The van der Waals surface area contributed by atoms with Crippen LogP contribution in [0.3, 0.4) is 0 Å². The van der Waals surface area contributed by atoms with Gasteiger partial charge >= 0.3 is 12.1 Å². The Balaban J connectivity index is 3.04. The molecule has 20 heavy (non-hydrogen) atoms. The quantitative estimate of drug-likeness (QED) is 0.774. The van der Waals surface area contributed by atoms with Crippen LogP contribution in [0.15, 0.2) is 18.2 Å². The molecule has 0 aliphatic rings. The van der Waals surface area contributed by atoms with Crippen molar-refractivity contribution < 1.29 is 27.9 Å². The molecule has 0 aliphatic heterocycles. The molecule has 5 nitrogen and oxygen atoms in total. The molecule has 1 aromatic carbocycles. The predicted octanol–water partition coefficient (Wildman–Crippen LogP) is 1.95. The number of rotatable bonds is 5. The third-order valence-corrected chi connectivity index (χ3v) is 2.39. The van der Waals surface area contributed by atoms with E-state index >= 15 is 0 Å². The highest BCUT2D eigenvalue weighted by atomic mass is 19.4. The molecule has 0 saturated heterocycles. The van der Waals surface area contributed by atoms with Crippen molar-refractivity contribution in [2.45, 2.75) is 12.6 Å². The van der Waals surface area contributed by atoms with E-state index in [1.807, 2.05) is 0 Å². The van der Waals surface area contributed by atoms with Crippen LogP contribution in [0.2, 0.25) is 0 Å². The molecule has 1 amide bonds. The van der Waals surface area contributed by atoms with Gasteiger partial charge in [0.15, 0.2) is 0 Å². The maximum absolute atomic E-state index is 12.6. The molecule has 0 atom stereocenters. The van der Waals surface area contributed by atoms with Crippen LogP contribution < -0.4 is 10.6 Å². The summed E-state index contributed by atoms with van der Waals surface area (Å²) in [6.45, 7) is 0.358. The Morgan fingerprint density at radius 2 is 1.90 bits per heavy atom. The molecular weight excluding hydrogens is 277 g/mol. The molecule has 1 aromatic rings. The third kappa shape index (κ3) is 4.54. The molecular formula is C12H13F3N2O3. The second-order valence-corrected chi connectivity index (χ2v) is 4.00. The van der Waals surface area contributed by atoms with Gasteiger partial charge in [-0.25, -0.2) is 4.79 Å². The summed E-state index contributed by atoms with van der Waals surface area (Å²) < 4.78 is 37.9. The number of alkyl halides is 3. The first-order chi connectivity index (χ1) is 9.24. The fourth-order valence-corrected chi connectivity index (χ4v) is 1.45. The van der Waals surface area contributed by atoms with Gasteiger partial charge in [0, 0.05) is 18.7 Å². The minimum absolute atomic E-state index is 0.0646. The fourth-order valence-electron chi connectivity index (χ4n) is 1.45. The number of carboxylic acid groups (broad SMARTS) is 1. The summed E-state index contributed by atoms with van der Waals surface area (Å²) in [5.41, 5.74) is -1.86. The molecule has 0 aromatic heterocycles. The number of hydrogen-bond donors (Lipinski definition) is 3. The van der Waals surface area contributed by atoms with Crippen molar-refractivity contribution >= 4 is 17.6 Å². The minimum atomic E-state index is -4.68. The highest BCUT2D eigenvalue weighted by Gasteiger charge is 2.32. The molecule has 0 aliphatic carbocycles. The Hall–Kier alpha value is -2.09. The summed E-state index contributed by atoms with van der Waals surface area (Å²) in [5, 5.41) is 13.7. The molecule has 0 spiro atoms. The van der Waals surface area contributed by atoms with E-state index in [0.717, 1.165) is 6.07 Å². The molecule has 0 heterocycles. The lowest BCUT2D eigenvalue weighted by molar-refractivity contribution is -0.137. The van der Waals surface area contributed by atoms with Gasteiger partial charge in [0.2, 0.25) is 5.91 Å². The van der Waals surface area contributed by atoms with Gasteiger partial charge in [-0.05, 0) is 25.2 Å². The molecule has 0 saturated carbocycles. The van der Waals surface area contributed by atoms with E-state index in [1.165, 1.54) is 0 Å². The van der Waals surface area contributed by atoms with Crippen molar-refractivity contribution in [1.82, 2.24) is 5.32 Å². The van der Waals surface area contributed by atoms with E-state index in [0.29, 0.717) is 18.7 Å². The Kier molecular flexibility index (Phi) is 5.09. The van der Waals surface area contributed by atoms with E-state index in [4.69, 9.17) is 5.11 Å². The minimum Gasteiger partial charge on any atom is -0.478 e.